The van der Waals surface area contributed by atoms with E-state index in [0.29, 0.717) is 53.4 Å². The number of carbonyl (C=O) groups excluding carboxylic acids is 2. The zero-order chi connectivity index (χ0) is 39.4. The van der Waals surface area contributed by atoms with Gasteiger partial charge in [-0.25, -0.2) is 9.78 Å². The van der Waals surface area contributed by atoms with Gasteiger partial charge in [0.25, 0.3) is 0 Å². The average molecular weight is 822 g/mol. The third-order valence-corrected chi connectivity index (χ3v) is 11.2. The number of halogens is 3. The summed E-state index contributed by atoms with van der Waals surface area (Å²) in [4.78, 5) is 43.1. The van der Waals surface area contributed by atoms with E-state index in [1.807, 2.05) is 79.1 Å². The average Bonchev–Trinajstić information content (AvgIpc) is 3.91. The topological polar surface area (TPSA) is 98.7 Å². The van der Waals surface area contributed by atoms with E-state index < -0.39 is 17.9 Å². The molecule has 296 valence electrons. The van der Waals surface area contributed by atoms with Gasteiger partial charge in [0.1, 0.15) is 12.1 Å². The zero-order valence-electron chi connectivity index (χ0n) is 31.8. The molecule has 4 aromatic rings. The van der Waals surface area contributed by atoms with Crippen LogP contribution in [0.15, 0.2) is 97.3 Å². The number of hydrogen-bond acceptors (Lipinski definition) is 8. The molecule has 2 saturated heterocycles. The van der Waals surface area contributed by atoms with E-state index in [2.05, 4.69) is 37.3 Å². The SMILES string of the molecule is Cc1cccc(CN(Cc2cccc(Cl)c2)C(=O)N2CCN(CC3=CN(C)CN3C)C(C(=O)NCC3COC(Cn4ccnc4)(c4ccc(Cl)cc4Cl)O3)C2)c1. The number of urea groups is 1. The Balaban J connectivity index is 1.09. The molecule has 1 aromatic heterocycles. The van der Waals surface area contributed by atoms with Crippen LogP contribution in [0.1, 0.15) is 22.3 Å². The number of likely N-dealkylation sites (N-methyl/N-ethyl adjacent to an activating group) is 1. The maximum Gasteiger partial charge on any atom is 0.320 e. The second kappa shape index (κ2) is 17.5. The molecule has 3 aliphatic rings. The minimum Gasteiger partial charge on any atom is -0.361 e. The first-order valence-corrected chi connectivity index (χ1v) is 19.8. The third-order valence-electron chi connectivity index (χ3n) is 10.4. The van der Waals surface area contributed by atoms with Crippen LogP contribution in [0, 0.1) is 6.92 Å². The highest BCUT2D eigenvalue weighted by Crippen LogP contribution is 2.40. The Morgan fingerprint density at radius 2 is 1.75 bits per heavy atom. The van der Waals surface area contributed by atoms with Crippen LogP contribution in [0.5, 0.6) is 0 Å². The molecule has 7 rings (SSSR count). The number of nitrogens with one attached hydrogen (secondary N) is 1. The van der Waals surface area contributed by atoms with Gasteiger partial charge in [-0.05, 0) is 42.3 Å². The summed E-state index contributed by atoms with van der Waals surface area (Å²) in [6.07, 6.45) is 6.81. The highest BCUT2D eigenvalue weighted by Gasteiger charge is 2.46. The van der Waals surface area contributed by atoms with E-state index in [9.17, 15) is 9.59 Å². The molecule has 3 unspecified atom stereocenters. The number of aromatic nitrogens is 2. The Kier molecular flexibility index (Phi) is 12.4. The van der Waals surface area contributed by atoms with Gasteiger partial charge >= 0.3 is 6.03 Å². The molecule has 12 nitrogen and oxygen atoms in total. The maximum atomic E-state index is 14.5. The molecular weight excluding hydrogens is 775 g/mol. The van der Waals surface area contributed by atoms with Crippen molar-refractivity contribution in [2.24, 2.45) is 0 Å². The zero-order valence-corrected chi connectivity index (χ0v) is 34.1. The Bertz CT molecular complexity index is 2000. The van der Waals surface area contributed by atoms with Crippen LogP contribution in [-0.2, 0) is 39.7 Å². The summed E-state index contributed by atoms with van der Waals surface area (Å²) >= 11 is 19.3. The molecule has 56 heavy (non-hydrogen) atoms. The fourth-order valence-corrected chi connectivity index (χ4v) is 8.39. The number of aryl methyl sites for hydroxylation is 1. The summed E-state index contributed by atoms with van der Waals surface area (Å²) < 4.78 is 14.9. The second-order valence-corrected chi connectivity index (χ2v) is 16.1. The number of amides is 3. The molecule has 3 aromatic carbocycles. The first kappa shape index (κ1) is 39.9. The van der Waals surface area contributed by atoms with Gasteiger partial charge in [0.2, 0.25) is 11.7 Å². The number of hydrogen-bond donors (Lipinski definition) is 1. The van der Waals surface area contributed by atoms with Crippen molar-refractivity contribution in [3.8, 4) is 0 Å². The number of benzene rings is 3. The quantitative estimate of drug-likeness (QED) is 0.186. The van der Waals surface area contributed by atoms with Crippen molar-refractivity contribution >= 4 is 46.7 Å². The van der Waals surface area contributed by atoms with Crippen molar-refractivity contribution in [2.45, 2.75) is 44.5 Å². The summed E-state index contributed by atoms with van der Waals surface area (Å²) in [7, 11) is 4.07. The summed E-state index contributed by atoms with van der Waals surface area (Å²) in [5.74, 6) is -1.43. The second-order valence-electron chi connectivity index (χ2n) is 14.8. The standard InChI is InChI=1S/C41H47Cl3N8O4/c1-29-6-4-7-30(16-29)20-52(21-31-8-5-9-32(42)17-31)40(54)51-15-14-50(23-34-22-47(2)28-48(34)3)38(24-51)39(53)46-19-35-25-55-41(56-35,26-49-13-12-45-27-49)36-11-10-33(43)18-37(36)44/h4-13,16-18,22,27,35,38H,14-15,19-21,23-26,28H2,1-3H3,(H,46,53). The highest BCUT2D eigenvalue weighted by atomic mass is 35.5. The molecule has 0 bridgehead atoms. The van der Waals surface area contributed by atoms with Crippen molar-refractivity contribution in [3.05, 3.63) is 135 Å². The lowest BCUT2D eigenvalue weighted by Gasteiger charge is -2.42. The predicted molar refractivity (Wildman–Crippen MR) is 217 cm³/mol. The van der Waals surface area contributed by atoms with Gasteiger partial charge in [0.05, 0.1) is 31.2 Å². The molecular formula is C41H47Cl3N8O4. The number of piperazine rings is 1. The van der Waals surface area contributed by atoms with Crippen LogP contribution in [0.2, 0.25) is 15.1 Å². The molecule has 15 heteroatoms. The van der Waals surface area contributed by atoms with Crippen molar-refractivity contribution in [1.82, 2.24) is 39.4 Å². The van der Waals surface area contributed by atoms with Crippen molar-refractivity contribution in [3.63, 3.8) is 0 Å². The number of imidazole rings is 1. The van der Waals surface area contributed by atoms with Gasteiger partial charge in [-0.1, -0.05) is 82.8 Å². The smallest absolute Gasteiger partial charge is 0.320 e. The Morgan fingerprint density at radius 3 is 2.45 bits per heavy atom. The molecule has 3 amide bonds. The molecule has 3 atom stereocenters. The van der Waals surface area contributed by atoms with Crippen molar-refractivity contribution in [2.75, 3.05) is 60.1 Å². The minimum absolute atomic E-state index is 0.141. The van der Waals surface area contributed by atoms with E-state index in [1.54, 1.807) is 35.6 Å². The fourth-order valence-electron chi connectivity index (χ4n) is 7.62. The molecule has 2 fully saturated rings. The molecule has 0 radical (unpaired) electrons. The molecule has 3 aliphatic heterocycles. The van der Waals surface area contributed by atoms with Crippen LogP contribution >= 0.6 is 34.8 Å². The van der Waals surface area contributed by atoms with Crippen LogP contribution in [0.4, 0.5) is 4.79 Å². The third kappa shape index (κ3) is 9.45. The predicted octanol–water partition coefficient (Wildman–Crippen LogP) is 6.02. The summed E-state index contributed by atoms with van der Waals surface area (Å²) in [5.41, 5.74) is 4.80. The molecule has 4 heterocycles. The monoisotopic (exact) mass is 820 g/mol. The number of carbonyl (C=O) groups is 2. The van der Waals surface area contributed by atoms with Gasteiger partial charge in [-0.3, -0.25) is 9.69 Å². The largest absolute Gasteiger partial charge is 0.361 e. The van der Waals surface area contributed by atoms with Crippen molar-refractivity contribution in [1.29, 1.82) is 0 Å². The number of ether oxygens (including phenoxy) is 2. The van der Waals surface area contributed by atoms with Gasteiger partial charge in [0, 0.05) is 99.8 Å². The minimum atomic E-state index is -1.23. The number of nitrogens with zero attached hydrogens (tertiary/aromatic N) is 7. The van der Waals surface area contributed by atoms with Crippen LogP contribution in [0.3, 0.4) is 0 Å². The lowest BCUT2D eigenvalue weighted by molar-refractivity contribution is -0.186. The Hall–Kier alpha value is -4.30. The molecule has 0 saturated carbocycles. The normalized spacial score (nSPS) is 21.4. The lowest BCUT2D eigenvalue weighted by atomic mass is 10.1. The summed E-state index contributed by atoms with van der Waals surface area (Å²) in [6, 6.07) is 20.2. The van der Waals surface area contributed by atoms with Crippen LogP contribution in [-0.4, -0.2) is 118 Å². The van der Waals surface area contributed by atoms with Gasteiger partial charge < -0.3 is 39.0 Å². The van der Waals surface area contributed by atoms with E-state index in [1.165, 1.54) is 0 Å². The number of rotatable bonds is 12. The van der Waals surface area contributed by atoms with E-state index in [4.69, 9.17) is 44.3 Å². The first-order valence-electron chi connectivity index (χ1n) is 18.7. The van der Waals surface area contributed by atoms with Crippen molar-refractivity contribution < 1.29 is 19.1 Å². The molecule has 1 N–H and O–H groups in total. The fraction of sp³-hybridized carbons (Fsp3) is 0.390. The molecule has 0 aliphatic carbocycles. The first-order chi connectivity index (χ1) is 26.9. The summed E-state index contributed by atoms with van der Waals surface area (Å²) in [5, 5.41) is 4.67. The van der Waals surface area contributed by atoms with E-state index in [-0.39, 0.29) is 38.2 Å². The van der Waals surface area contributed by atoms with Gasteiger partial charge in [-0.2, -0.15) is 0 Å². The Labute approximate surface area is 343 Å². The summed E-state index contributed by atoms with van der Waals surface area (Å²) in [6.45, 7) is 6.02. The van der Waals surface area contributed by atoms with Gasteiger partial charge in [-0.15, -0.1) is 0 Å². The Morgan fingerprint density at radius 1 is 0.982 bits per heavy atom. The van der Waals surface area contributed by atoms with Gasteiger partial charge in [0.15, 0.2) is 0 Å². The van der Waals surface area contributed by atoms with E-state index >= 15 is 0 Å². The lowest BCUT2D eigenvalue weighted by Crippen LogP contribution is -2.62. The van der Waals surface area contributed by atoms with E-state index in [0.717, 1.165) is 29.1 Å². The molecule has 0 spiro atoms. The van der Waals surface area contributed by atoms with Crippen LogP contribution < -0.4 is 5.32 Å². The maximum absolute atomic E-state index is 14.5. The highest BCUT2D eigenvalue weighted by molar-refractivity contribution is 6.35. The van der Waals surface area contributed by atoms with Crippen LogP contribution in [0.25, 0.3) is 0 Å².